The average molecular weight is 233 g/mol. The number of hydrogen-bond donors (Lipinski definition) is 2. The number of nitrogens with one attached hydrogen (secondary N) is 1. The number of aliphatic hydroxyl groups excluding tert-OH is 1. The molecule has 3 heteroatoms. The van der Waals surface area contributed by atoms with Crippen molar-refractivity contribution in [2.45, 2.75) is 25.8 Å². The Morgan fingerprint density at radius 3 is 2.65 bits per heavy atom. The highest BCUT2D eigenvalue weighted by Gasteiger charge is 2.39. The molecule has 0 radical (unpaired) electrons. The molecule has 0 spiro atoms. The van der Waals surface area contributed by atoms with Crippen LogP contribution in [0.1, 0.15) is 18.9 Å². The zero-order valence-corrected chi connectivity index (χ0v) is 10.1. The molecule has 1 fully saturated rings. The van der Waals surface area contributed by atoms with Gasteiger partial charge >= 0.3 is 0 Å². The van der Waals surface area contributed by atoms with Crippen molar-refractivity contribution in [2.75, 3.05) is 6.61 Å². The molecular formula is C14H19NO2. The predicted octanol–water partition coefficient (Wildman–Crippen LogP) is 1.36. The minimum atomic E-state index is -0.169. The van der Waals surface area contributed by atoms with Crippen LogP contribution in [0.15, 0.2) is 30.3 Å². The number of carbonyl (C=O) groups is 1. The fourth-order valence-corrected chi connectivity index (χ4v) is 2.06. The average Bonchev–Trinajstić information content (AvgIpc) is 3.07. The molecule has 1 aromatic rings. The molecule has 1 aromatic carbocycles. The Balaban J connectivity index is 1.86. The monoisotopic (exact) mass is 233 g/mol. The number of rotatable bonds is 5. The molecule has 92 valence electrons. The van der Waals surface area contributed by atoms with E-state index in [9.17, 15) is 9.90 Å². The van der Waals surface area contributed by atoms with E-state index >= 15 is 0 Å². The molecule has 2 N–H and O–H groups in total. The predicted molar refractivity (Wildman–Crippen MR) is 66.4 cm³/mol. The molecule has 2 rings (SSSR count). The second-order valence-corrected chi connectivity index (χ2v) is 4.90. The first kappa shape index (κ1) is 12.1. The third-order valence-corrected chi connectivity index (χ3v) is 3.34. The van der Waals surface area contributed by atoms with Crippen molar-refractivity contribution >= 4 is 5.91 Å². The second-order valence-electron chi connectivity index (χ2n) is 4.90. The van der Waals surface area contributed by atoms with Gasteiger partial charge < -0.3 is 10.4 Å². The van der Waals surface area contributed by atoms with Crippen molar-refractivity contribution in [2.24, 2.45) is 11.8 Å². The molecule has 0 bridgehead atoms. The van der Waals surface area contributed by atoms with Crippen LogP contribution in [0.3, 0.4) is 0 Å². The minimum absolute atomic E-state index is 0.0122. The second kappa shape index (κ2) is 5.32. The Morgan fingerprint density at radius 2 is 2.12 bits per heavy atom. The summed E-state index contributed by atoms with van der Waals surface area (Å²) in [5.41, 5.74) is 1.13. The SMILES string of the molecule is CC1CC1C(=O)N[C@@H](CO)Cc1ccccc1. The van der Waals surface area contributed by atoms with Crippen LogP contribution >= 0.6 is 0 Å². The number of carbonyl (C=O) groups excluding carboxylic acids is 1. The van der Waals surface area contributed by atoms with E-state index in [1.807, 2.05) is 30.3 Å². The van der Waals surface area contributed by atoms with E-state index in [4.69, 9.17) is 0 Å². The van der Waals surface area contributed by atoms with Gasteiger partial charge in [-0.25, -0.2) is 0 Å². The van der Waals surface area contributed by atoms with Crippen molar-refractivity contribution in [3.05, 3.63) is 35.9 Å². The van der Waals surface area contributed by atoms with Gasteiger partial charge in [-0.3, -0.25) is 4.79 Å². The quantitative estimate of drug-likeness (QED) is 0.807. The van der Waals surface area contributed by atoms with Gasteiger partial charge in [-0.2, -0.15) is 0 Å². The lowest BCUT2D eigenvalue weighted by molar-refractivity contribution is -0.123. The van der Waals surface area contributed by atoms with E-state index in [0.717, 1.165) is 12.0 Å². The fourth-order valence-electron chi connectivity index (χ4n) is 2.06. The smallest absolute Gasteiger partial charge is 0.223 e. The number of hydrogen-bond acceptors (Lipinski definition) is 2. The van der Waals surface area contributed by atoms with Crippen LogP contribution in [0.25, 0.3) is 0 Å². The van der Waals surface area contributed by atoms with Gasteiger partial charge in [-0.05, 0) is 24.3 Å². The van der Waals surface area contributed by atoms with Crippen LogP contribution in [0, 0.1) is 11.8 Å². The molecule has 1 amide bonds. The van der Waals surface area contributed by atoms with Crippen molar-refractivity contribution in [1.29, 1.82) is 0 Å². The Bertz CT molecular complexity index is 377. The summed E-state index contributed by atoms with van der Waals surface area (Å²) >= 11 is 0. The summed E-state index contributed by atoms with van der Waals surface area (Å²) in [5.74, 6) is 0.762. The van der Waals surface area contributed by atoms with Gasteiger partial charge in [0.1, 0.15) is 0 Å². The first-order valence-corrected chi connectivity index (χ1v) is 6.16. The lowest BCUT2D eigenvalue weighted by atomic mass is 10.1. The van der Waals surface area contributed by atoms with E-state index < -0.39 is 0 Å². The van der Waals surface area contributed by atoms with Crippen LogP contribution < -0.4 is 5.32 Å². The molecule has 0 heterocycles. The summed E-state index contributed by atoms with van der Waals surface area (Å²) < 4.78 is 0. The molecule has 17 heavy (non-hydrogen) atoms. The lowest BCUT2D eigenvalue weighted by Crippen LogP contribution is -2.40. The highest BCUT2D eigenvalue weighted by Crippen LogP contribution is 2.37. The molecule has 2 unspecified atom stereocenters. The van der Waals surface area contributed by atoms with E-state index in [1.165, 1.54) is 0 Å². The third kappa shape index (κ3) is 3.30. The fraction of sp³-hybridized carbons (Fsp3) is 0.500. The first-order valence-electron chi connectivity index (χ1n) is 6.16. The molecule has 0 aliphatic heterocycles. The zero-order chi connectivity index (χ0) is 12.3. The largest absolute Gasteiger partial charge is 0.394 e. The molecule has 0 saturated heterocycles. The Morgan fingerprint density at radius 1 is 1.47 bits per heavy atom. The summed E-state index contributed by atoms with van der Waals surface area (Å²) in [6.07, 6.45) is 1.67. The standard InChI is InChI=1S/C14H19NO2/c1-10-7-13(10)14(17)15-12(9-16)8-11-5-3-2-4-6-11/h2-6,10,12-13,16H,7-9H2,1H3,(H,15,17)/t10?,12-,13?/m1/s1. The van der Waals surface area contributed by atoms with Crippen molar-refractivity contribution < 1.29 is 9.90 Å². The summed E-state index contributed by atoms with van der Waals surface area (Å²) in [6, 6.07) is 9.74. The van der Waals surface area contributed by atoms with Crippen LogP contribution in [0.5, 0.6) is 0 Å². The summed E-state index contributed by atoms with van der Waals surface area (Å²) in [4.78, 5) is 11.8. The molecule has 3 nitrogen and oxygen atoms in total. The third-order valence-electron chi connectivity index (χ3n) is 3.34. The molecule has 1 aliphatic rings. The first-order chi connectivity index (χ1) is 8.20. The Hall–Kier alpha value is -1.35. The lowest BCUT2D eigenvalue weighted by Gasteiger charge is -2.16. The van der Waals surface area contributed by atoms with Crippen LogP contribution in [0.2, 0.25) is 0 Å². The molecule has 1 saturated carbocycles. The van der Waals surface area contributed by atoms with E-state index in [-0.39, 0.29) is 24.5 Å². The number of benzene rings is 1. The van der Waals surface area contributed by atoms with E-state index in [0.29, 0.717) is 12.3 Å². The maximum atomic E-state index is 11.8. The topological polar surface area (TPSA) is 49.3 Å². The Labute approximate surface area is 102 Å². The van der Waals surface area contributed by atoms with E-state index in [1.54, 1.807) is 0 Å². The number of amides is 1. The number of aliphatic hydroxyl groups is 1. The molecule has 3 atom stereocenters. The normalized spacial score (nSPS) is 24.1. The summed E-state index contributed by atoms with van der Waals surface area (Å²) in [5, 5.41) is 12.2. The molecule has 0 aromatic heterocycles. The van der Waals surface area contributed by atoms with Crippen molar-refractivity contribution in [3.63, 3.8) is 0 Å². The zero-order valence-electron chi connectivity index (χ0n) is 10.1. The highest BCUT2D eigenvalue weighted by molar-refractivity contribution is 5.81. The summed E-state index contributed by atoms with van der Waals surface area (Å²) in [7, 11) is 0. The van der Waals surface area contributed by atoms with Crippen LogP contribution in [-0.4, -0.2) is 23.7 Å². The van der Waals surface area contributed by atoms with Gasteiger partial charge in [0, 0.05) is 5.92 Å². The van der Waals surface area contributed by atoms with E-state index in [2.05, 4.69) is 12.2 Å². The van der Waals surface area contributed by atoms with Crippen molar-refractivity contribution in [1.82, 2.24) is 5.32 Å². The Kier molecular flexibility index (Phi) is 3.79. The molecule has 1 aliphatic carbocycles. The van der Waals surface area contributed by atoms with Crippen LogP contribution in [0.4, 0.5) is 0 Å². The van der Waals surface area contributed by atoms with Crippen molar-refractivity contribution in [3.8, 4) is 0 Å². The highest BCUT2D eigenvalue weighted by atomic mass is 16.3. The minimum Gasteiger partial charge on any atom is -0.394 e. The van der Waals surface area contributed by atoms with Gasteiger partial charge in [-0.1, -0.05) is 37.3 Å². The van der Waals surface area contributed by atoms with Gasteiger partial charge in [-0.15, -0.1) is 0 Å². The van der Waals surface area contributed by atoms with Crippen LogP contribution in [-0.2, 0) is 11.2 Å². The van der Waals surface area contributed by atoms with Gasteiger partial charge in [0.25, 0.3) is 0 Å². The van der Waals surface area contributed by atoms with Gasteiger partial charge in [0.05, 0.1) is 12.6 Å². The van der Waals surface area contributed by atoms with Gasteiger partial charge in [0.15, 0.2) is 0 Å². The summed E-state index contributed by atoms with van der Waals surface area (Å²) in [6.45, 7) is 2.07. The maximum Gasteiger partial charge on any atom is 0.223 e. The molecular weight excluding hydrogens is 214 g/mol. The maximum absolute atomic E-state index is 11.8. The van der Waals surface area contributed by atoms with Gasteiger partial charge in [0.2, 0.25) is 5.91 Å².